The number of hydrogen-bond acceptors (Lipinski definition) is 3. The van der Waals surface area contributed by atoms with Crippen LogP contribution in [0.25, 0.3) is 0 Å². The summed E-state index contributed by atoms with van der Waals surface area (Å²) in [7, 11) is 0. The van der Waals surface area contributed by atoms with E-state index < -0.39 is 0 Å². The van der Waals surface area contributed by atoms with Gasteiger partial charge in [0.1, 0.15) is 11.9 Å². The van der Waals surface area contributed by atoms with Crippen molar-refractivity contribution < 1.29 is 0 Å². The highest BCUT2D eigenvalue weighted by Crippen LogP contribution is 2.23. The lowest BCUT2D eigenvalue weighted by atomic mass is 10.2. The van der Waals surface area contributed by atoms with Gasteiger partial charge in [0, 0.05) is 15.7 Å². The summed E-state index contributed by atoms with van der Waals surface area (Å²) in [6.45, 7) is 0. The van der Waals surface area contributed by atoms with E-state index in [0.717, 1.165) is 4.47 Å². The van der Waals surface area contributed by atoms with Crippen LogP contribution in [0.5, 0.6) is 0 Å². The molecule has 0 atom stereocenters. The fourth-order valence-corrected chi connectivity index (χ4v) is 1.71. The lowest BCUT2D eigenvalue weighted by Crippen LogP contribution is -1.95. The van der Waals surface area contributed by atoms with Gasteiger partial charge in [-0.1, -0.05) is 11.6 Å². The van der Waals surface area contributed by atoms with Gasteiger partial charge in [0.15, 0.2) is 0 Å². The van der Waals surface area contributed by atoms with Crippen molar-refractivity contribution in [1.82, 2.24) is 4.98 Å². The molecule has 0 fully saturated rings. The predicted octanol–water partition coefficient (Wildman–Crippen LogP) is 4.11. The molecule has 5 heteroatoms. The first-order valence-corrected chi connectivity index (χ1v) is 5.94. The zero-order valence-corrected chi connectivity index (χ0v) is 11.0. The van der Waals surface area contributed by atoms with Crippen molar-refractivity contribution in [3.63, 3.8) is 0 Å². The number of nitriles is 1. The van der Waals surface area contributed by atoms with Gasteiger partial charge >= 0.3 is 0 Å². The van der Waals surface area contributed by atoms with Crippen LogP contribution in [0.2, 0.25) is 5.02 Å². The first-order valence-electron chi connectivity index (χ1n) is 4.77. The molecule has 0 saturated heterocycles. The molecule has 0 spiro atoms. The summed E-state index contributed by atoms with van der Waals surface area (Å²) in [5, 5.41) is 12.6. The van der Waals surface area contributed by atoms with Gasteiger partial charge in [-0.2, -0.15) is 5.26 Å². The molecule has 0 radical (unpaired) electrons. The highest BCUT2D eigenvalue weighted by Gasteiger charge is 2.03. The molecule has 0 unspecified atom stereocenters. The van der Waals surface area contributed by atoms with E-state index in [1.54, 1.807) is 24.4 Å². The maximum atomic E-state index is 8.97. The zero-order chi connectivity index (χ0) is 12.3. The molecule has 0 saturated carbocycles. The lowest BCUT2D eigenvalue weighted by molar-refractivity contribution is 1.29. The van der Waals surface area contributed by atoms with Gasteiger partial charge < -0.3 is 5.32 Å². The molecule has 2 rings (SSSR count). The molecule has 17 heavy (non-hydrogen) atoms. The molecule has 84 valence electrons. The van der Waals surface area contributed by atoms with Gasteiger partial charge in [-0.25, -0.2) is 4.98 Å². The van der Waals surface area contributed by atoms with E-state index in [2.05, 4.69) is 32.3 Å². The van der Waals surface area contributed by atoms with E-state index in [9.17, 15) is 0 Å². The molecule has 3 nitrogen and oxygen atoms in total. The van der Waals surface area contributed by atoms with Crippen molar-refractivity contribution >= 4 is 39.0 Å². The van der Waals surface area contributed by atoms with E-state index in [1.807, 2.05) is 12.1 Å². The maximum absolute atomic E-state index is 8.97. The number of halogens is 2. The molecule has 1 aromatic carbocycles. The van der Waals surface area contributed by atoms with Crippen LogP contribution >= 0.6 is 27.5 Å². The Hall–Kier alpha value is -1.57. The van der Waals surface area contributed by atoms with Gasteiger partial charge in [0.25, 0.3) is 0 Å². The van der Waals surface area contributed by atoms with Gasteiger partial charge in [0.05, 0.1) is 11.3 Å². The number of nitrogens with zero attached hydrogens (tertiary/aromatic N) is 2. The van der Waals surface area contributed by atoms with Crippen LogP contribution < -0.4 is 5.32 Å². The second-order valence-electron chi connectivity index (χ2n) is 3.29. The van der Waals surface area contributed by atoms with Gasteiger partial charge in [-0.3, -0.25) is 0 Å². The Morgan fingerprint density at radius 1 is 1.29 bits per heavy atom. The molecule has 0 aliphatic carbocycles. The van der Waals surface area contributed by atoms with Crippen molar-refractivity contribution in [3.8, 4) is 6.07 Å². The molecule has 0 bridgehead atoms. The summed E-state index contributed by atoms with van der Waals surface area (Å²) in [5.74, 6) is 0.659. The van der Waals surface area contributed by atoms with Gasteiger partial charge in [-0.05, 0) is 46.3 Å². The van der Waals surface area contributed by atoms with Gasteiger partial charge in [0.2, 0.25) is 0 Å². The Balaban J connectivity index is 2.32. The summed E-state index contributed by atoms with van der Waals surface area (Å²) >= 11 is 9.19. The topological polar surface area (TPSA) is 48.7 Å². The fourth-order valence-electron chi connectivity index (χ4n) is 1.31. The third-order valence-electron chi connectivity index (χ3n) is 2.09. The zero-order valence-electron chi connectivity index (χ0n) is 8.61. The van der Waals surface area contributed by atoms with Crippen LogP contribution in [0.4, 0.5) is 11.5 Å². The molecule has 0 amide bonds. The van der Waals surface area contributed by atoms with E-state index in [4.69, 9.17) is 16.9 Å². The Morgan fingerprint density at radius 2 is 2.12 bits per heavy atom. The molecule has 2 aromatic rings. The summed E-state index contributed by atoms with van der Waals surface area (Å²) in [6.07, 6.45) is 1.68. The molecule has 1 aromatic heterocycles. The molecular weight excluding hydrogens is 302 g/mol. The standard InChI is InChI=1S/C12H7BrClN3/c13-9-2-4-12(16-7-9)17-11-5-10(14)3-1-8(11)6-15/h1-5,7H,(H,16,17). The smallest absolute Gasteiger partial charge is 0.130 e. The minimum absolute atomic E-state index is 0.527. The first kappa shape index (κ1) is 11.9. The van der Waals surface area contributed by atoms with Crippen molar-refractivity contribution in [3.05, 3.63) is 51.6 Å². The Kier molecular flexibility index (Phi) is 3.62. The molecule has 1 heterocycles. The van der Waals surface area contributed by atoms with E-state index >= 15 is 0 Å². The monoisotopic (exact) mass is 307 g/mol. The Bertz CT molecular complexity index is 575. The summed E-state index contributed by atoms with van der Waals surface area (Å²) in [4.78, 5) is 4.17. The summed E-state index contributed by atoms with van der Waals surface area (Å²) in [6, 6.07) is 10.8. The highest BCUT2D eigenvalue weighted by atomic mass is 79.9. The largest absolute Gasteiger partial charge is 0.339 e. The van der Waals surface area contributed by atoms with Crippen LogP contribution in [-0.2, 0) is 0 Å². The second kappa shape index (κ2) is 5.17. The number of benzene rings is 1. The van der Waals surface area contributed by atoms with Crippen molar-refractivity contribution in [1.29, 1.82) is 5.26 Å². The van der Waals surface area contributed by atoms with Gasteiger partial charge in [-0.15, -0.1) is 0 Å². The average molecular weight is 309 g/mol. The van der Waals surface area contributed by atoms with E-state index in [1.165, 1.54) is 0 Å². The number of pyridine rings is 1. The molecular formula is C12H7BrClN3. The number of hydrogen-bond donors (Lipinski definition) is 1. The van der Waals surface area contributed by atoms with Crippen molar-refractivity contribution in [2.45, 2.75) is 0 Å². The third-order valence-corrected chi connectivity index (χ3v) is 2.80. The van der Waals surface area contributed by atoms with Crippen LogP contribution in [0.15, 0.2) is 41.0 Å². The minimum Gasteiger partial charge on any atom is -0.339 e. The van der Waals surface area contributed by atoms with E-state index in [0.29, 0.717) is 22.1 Å². The predicted molar refractivity (Wildman–Crippen MR) is 71.4 cm³/mol. The van der Waals surface area contributed by atoms with Crippen molar-refractivity contribution in [2.75, 3.05) is 5.32 Å². The molecule has 0 aliphatic rings. The Labute approximate surface area is 112 Å². The van der Waals surface area contributed by atoms with Crippen LogP contribution in [-0.4, -0.2) is 4.98 Å². The number of anilines is 2. The average Bonchev–Trinajstić information content (AvgIpc) is 2.32. The van der Waals surface area contributed by atoms with Crippen LogP contribution in [0, 0.1) is 11.3 Å². The van der Waals surface area contributed by atoms with E-state index in [-0.39, 0.29) is 0 Å². The normalized spacial score (nSPS) is 9.71. The Morgan fingerprint density at radius 3 is 2.76 bits per heavy atom. The van der Waals surface area contributed by atoms with Crippen LogP contribution in [0.3, 0.4) is 0 Å². The van der Waals surface area contributed by atoms with Crippen molar-refractivity contribution in [2.24, 2.45) is 0 Å². The number of aromatic nitrogens is 1. The lowest BCUT2D eigenvalue weighted by Gasteiger charge is -2.07. The number of rotatable bonds is 2. The molecule has 0 aliphatic heterocycles. The fraction of sp³-hybridized carbons (Fsp3) is 0. The minimum atomic E-state index is 0.527. The molecule has 1 N–H and O–H groups in total. The van der Waals surface area contributed by atoms with Crippen LogP contribution in [0.1, 0.15) is 5.56 Å². The SMILES string of the molecule is N#Cc1ccc(Cl)cc1Nc1ccc(Br)cn1. The quantitative estimate of drug-likeness (QED) is 0.908. The summed E-state index contributed by atoms with van der Waals surface area (Å²) < 4.78 is 0.898. The second-order valence-corrected chi connectivity index (χ2v) is 4.64. The first-order chi connectivity index (χ1) is 8.19. The third kappa shape index (κ3) is 2.96. The number of nitrogens with one attached hydrogen (secondary N) is 1. The highest BCUT2D eigenvalue weighted by molar-refractivity contribution is 9.10. The summed E-state index contributed by atoms with van der Waals surface area (Å²) in [5.41, 5.74) is 1.17. The maximum Gasteiger partial charge on any atom is 0.130 e.